The highest BCUT2D eigenvalue weighted by molar-refractivity contribution is 7.98. The molecule has 0 bridgehead atoms. The molecule has 0 aromatic heterocycles. The summed E-state index contributed by atoms with van der Waals surface area (Å²) in [6.07, 6.45) is 11.2. The SMILES string of the molecule is C#CCN1CCC(NC(CC)CSC)CC1. The molecule has 3 heteroatoms. The molecule has 2 nitrogen and oxygen atoms in total. The summed E-state index contributed by atoms with van der Waals surface area (Å²) in [7, 11) is 0. The van der Waals surface area contributed by atoms with E-state index in [1.54, 1.807) is 0 Å². The van der Waals surface area contributed by atoms with E-state index >= 15 is 0 Å². The monoisotopic (exact) mass is 240 g/mol. The average molecular weight is 240 g/mol. The first-order chi connectivity index (χ1) is 7.80. The Morgan fingerprint density at radius 1 is 1.50 bits per heavy atom. The lowest BCUT2D eigenvalue weighted by Gasteiger charge is -2.33. The van der Waals surface area contributed by atoms with Crippen molar-refractivity contribution < 1.29 is 0 Å². The fraction of sp³-hybridized carbons (Fsp3) is 0.846. The standard InChI is InChI=1S/C13H24N2S/c1-4-8-15-9-6-13(7-10-15)14-12(5-2)11-16-3/h1,12-14H,5-11H2,2-3H3. The molecule has 1 N–H and O–H groups in total. The van der Waals surface area contributed by atoms with Crippen LogP contribution in [0.25, 0.3) is 0 Å². The predicted octanol–water partition coefficient (Wildman–Crippen LogP) is 1.82. The molecule has 1 atom stereocenters. The van der Waals surface area contributed by atoms with E-state index < -0.39 is 0 Å². The molecule has 0 spiro atoms. The zero-order valence-corrected chi connectivity index (χ0v) is 11.4. The summed E-state index contributed by atoms with van der Waals surface area (Å²) in [6.45, 7) is 5.38. The maximum atomic E-state index is 5.33. The molecule has 1 aliphatic heterocycles. The smallest absolute Gasteiger partial charge is 0.0598 e. The van der Waals surface area contributed by atoms with Crippen molar-refractivity contribution in [3.8, 4) is 12.3 Å². The molecule has 1 fully saturated rings. The molecule has 0 aromatic rings. The van der Waals surface area contributed by atoms with Crippen LogP contribution in [-0.4, -0.2) is 48.6 Å². The van der Waals surface area contributed by atoms with Gasteiger partial charge in [0.2, 0.25) is 0 Å². The van der Waals surface area contributed by atoms with Crippen LogP contribution in [0.3, 0.4) is 0 Å². The van der Waals surface area contributed by atoms with Gasteiger partial charge in [-0.2, -0.15) is 11.8 Å². The van der Waals surface area contributed by atoms with E-state index in [-0.39, 0.29) is 0 Å². The van der Waals surface area contributed by atoms with E-state index in [0.717, 1.165) is 19.6 Å². The van der Waals surface area contributed by atoms with Crippen molar-refractivity contribution in [2.24, 2.45) is 0 Å². The zero-order chi connectivity index (χ0) is 11.8. The van der Waals surface area contributed by atoms with Crippen molar-refractivity contribution >= 4 is 11.8 Å². The largest absolute Gasteiger partial charge is 0.310 e. The highest BCUT2D eigenvalue weighted by Gasteiger charge is 2.20. The van der Waals surface area contributed by atoms with E-state index in [4.69, 9.17) is 6.42 Å². The molecular formula is C13H24N2S. The van der Waals surface area contributed by atoms with Gasteiger partial charge in [0.15, 0.2) is 0 Å². The maximum absolute atomic E-state index is 5.33. The Hall–Kier alpha value is -0.170. The molecule has 1 heterocycles. The molecule has 92 valence electrons. The Labute approximate surface area is 105 Å². The molecule has 0 radical (unpaired) electrons. The van der Waals surface area contributed by atoms with Crippen LogP contribution in [-0.2, 0) is 0 Å². The number of likely N-dealkylation sites (tertiary alicyclic amines) is 1. The summed E-state index contributed by atoms with van der Waals surface area (Å²) in [5, 5.41) is 3.77. The summed E-state index contributed by atoms with van der Waals surface area (Å²) in [4.78, 5) is 2.37. The van der Waals surface area contributed by atoms with Crippen LogP contribution in [0.5, 0.6) is 0 Å². The van der Waals surface area contributed by atoms with E-state index in [1.165, 1.54) is 25.0 Å². The molecule has 0 amide bonds. The van der Waals surface area contributed by atoms with Gasteiger partial charge in [0, 0.05) is 30.9 Å². The third kappa shape index (κ3) is 4.78. The van der Waals surface area contributed by atoms with Crippen LogP contribution < -0.4 is 5.32 Å². The highest BCUT2D eigenvalue weighted by atomic mass is 32.2. The Balaban J connectivity index is 2.23. The van der Waals surface area contributed by atoms with Gasteiger partial charge in [0.25, 0.3) is 0 Å². The number of nitrogens with one attached hydrogen (secondary N) is 1. The van der Waals surface area contributed by atoms with Gasteiger partial charge in [-0.15, -0.1) is 6.42 Å². The van der Waals surface area contributed by atoms with Crippen molar-refractivity contribution in [3.63, 3.8) is 0 Å². The minimum absolute atomic E-state index is 0.680. The molecule has 1 unspecified atom stereocenters. The van der Waals surface area contributed by atoms with Crippen LogP contribution in [0.4, 0.5) is 0 Å². The fourth-order valence-electron chi connectivity index (χ4n) is 2.21. The molecule has 0 aliphatic carbocycles. The van der Waals surface area contributed by atoms with Crippen molar-refractivity contribution in [3.05, 3.63) is 0 Å². The summed E-state index contributed by atoms with van der Waals surface area (Å²) >= 11 is 1.93. The van der Waals surface area contributed by atoms with Crippen molar-refractivity contribution in [2.75, 3.05) is 31.6 Å². The fourth-order valence-corrected chi connectivity index (χ4v) is 2.94. The predicted molar refractivity (Wildman–Crippen MR) is 73.9 cm³/mol. The Kier molecular flexibility index (Phi) is 6.95. The number of hydrogen-bond acceptors (Lipinski definition) is 3. The summed E-state index contributed by atoms with van der Waals surface area (Å²) in [6, 6.07) is 1.38. The summed E-state index contributed by atoms with van der Waals surface area (Å²) < 4.78 is 0. The molecule has 0 saturated carbocycles. The Bertz CT molecular complexity index is 216. The lowest BCUT2D eigenvalue weighted by atomic mass is 10.0. The third-order valence-electron chi connectivity index (χ3n) is 3.23. The second-order valence-corrected chi connectivity index (χ2v) is 5.39. The van der Waals surface area contributed by atoms with Crippen LogP contribution in [0, 0.1) is 12.3 Å². The van der Waals surface area contributed by atoms with Gasteiger partial charge in [-0.05, 0) is 25.5 Å². The van der Waals surface area contributed by atoms with Crippen LogP contribution in [0.15, 0.2) is 0 Å². The first kappa shape index (κ1) is 13.9. The summed E-state index contributed by atoms with van der Waals surface area (Å²) in [5.74, 6) is 3.95. The second kappa shape index (κ2) is 8.00. The third-order valence-corrected chi connectivity index (χ3v) is 3.97. The molecular weight excluding hydrogens is 216 g/mol. The van der Waals surface area contributed by atoms with E-state index in [2.05, 4.69) is 29.3 Å². The number of rotatable bonds is 6. The van der Waals surface area contributed by atoms with Crippen molar-refractivity contribution in [2.45, 2.75) is 38.3 Å². The quantitative estimate of drug-likeness (QED) is 0.713. The van der Waals surface area contributed by atoms with Gasteiger partial charge >= 0.3 is 0 Å². The molecule has 1 aliphatic rings. The number of thioether (sulfide) groups is 1. The van der Waals surface area contributed by atoms with E-state index in [0.29, 0.717) is 12.1 Å². The highest BCUT2D eigenvalue weighted by Crippen LogP contribution is 2.12. The zero-order valence-electron chi connectivity index (χ0n) is 10.5. The Morgan fingerprint density at radius 2 is 2.19 bits per heavy atom. The normalized spacial score (nSPS) is 20.6. The number of nitrogens with zero attached hydrogens (tertiary/aromatic N) is 1. The van der Waals surface area contributed by atoms with E-state index in [1.807, 2.05) is 11.8 Å². The summed E-state index contributed by atoms with van der Waals surface area (Å²) in [5.41, 5.74) is 0. The maximum Gasteiger partial charge on any atom is 0.0598 e. The lowest BCUT2D eigenvalue weighted by Crippen LogP contribution is -2.46. The van der Waals surface area contributed by atoms with Crippen LogP contribution >= 0.6 is 11.8 Å². The van der Waals surface area contributed by atoms with Crippen LogP contribution in [0.1, 0.15) is 26.2 Å². The van der Waals surface area contributed by atoms with Gasteiger partial charge in [-0.1, -0.05) is 12.8 Å². The molecule has 16 heavy (non-hydrogen) atoms. The number of piperidine rings is 1. The van der Waals surface area contributed by atoms with Gasteiger partial charge in [-0.3, -0.25) is 4.90 Å². The first-order valence-corrected chi connectivity index (χ1v) is 7.60. The van der Waals surface area contributed by atoms with Crippen LogP contribution in [0.2, 0.25) is 0 Å². The van der Waals surface area contributed by atoms with Crippen molar-refractivity contribution in [1.82, 2.24) is 10.2 Å². The van der Waals surface area contributed by atoms with Crippen molar-refractivity contribution in [1.29, 1.82) is 0 Å². The minimum atomic E-state index is 0.680. The lowest BCUT2D eigenvalue weighted by molar-refractivity contribution is 0.210. The number of hydrogen-bond donors (Lipinski definition) is 1. The average Bonchev–Trinajstić information content (AvgIpc) is 2.31. The minimum Gasteiger partial charge on any atom is -0.310 e. The molecule has 1 saturated heterocycles. The van der Waals surface area contributed by atoms with Gasteiger partial charge in [0.1, 0.15) is 0 Å². The van der Waals surface area contributed by atoms with Gasteiger partial charge < -0.3 is 5.32 Å². The van der Waals surface area contributed by atoms with E-state index in [9.17, 15) is 0 Å². The van der Waals surface area contributed by atoms with Gasteiger partial charge in [-0.25, -0.2) is 0 Å². The first-order valence-electron chi connectivity index (χ1n) is 6.21. The molecule has 1 rings (SSSR count). The number of terminal acetylenes is 1. The topological polar surface area (TPSA) is 15.3 Å². The second-order valence-electron chi connectivity index (χ2n) is 4.48. The van der Waals surface area contributed by atoms with Gasteiger partial charge in [0.05, 0.1) is 6.54 Å². The molecule has 0 aromatic carbocycles. The Morgan fingerprint density at radius 3 is 2.69 bits per heavy atom.